The number of hydrogen-bond acceptors (Lipinski definition) is 2. The largest absolute Gasteiger partial charge is 0.353 e. The molecule has 84 valence electrons. The number of rotatable bonds is 1. The van der Waals surface area contributed by atoms with E-state index in [-0.39, 0.29) is 5.91 Å². The number of carbonyl (C=O) groups excluding carboxylic acids is 1. The second-order valence-electron chi connectivity index (χ2n) is 4.14. The highest BCUT2D eigenvalue weighted by atomic mass is 32.1. The molecule has 3 nitrogen and oxygen atoms in total. The molecule has 16 heavy (non-hydrogen) atoms. The van der Waals surface area contributed by atoms with Gasteiger partial charge in [-0.3, -0.25) is 9.69 Å². The van der Waals surface area contributed by atoms with Crippen LogP contribution in [0.2, 0.25) is 0 Å². The molecule has 4 heteroatoms. The van der Waals surface area contributed by atoms with Gasteiger partial charge in [-0.1, -0.05) is 17.7 Å². The highest BCUT2D eigenvalue weighted by Gasteiger charge is 2.28. The number of amides is 1. The van der Waals surface area contributed by atoms with E-state index in [4.69, 9.17) is 12.2 Å². The Morgan fingerprint density at radius 3 is 2.25 bits per heavy atom. The Balaban J connectivity index is 2.55. The molecule has 0 aliphatic carbocycles. The Morgan fingerprint density at radius 1 is 1.25 bits per heavy atom. The van der Waals surface area contributed by atoms with Gasteiger partial charge >= 0.3 is 0 Å². The van der Waals surface area contributed by atoms with Crippen molar-refractivity contribution in [3.63, 3.8) is 0 Å². The summed E-state index contributed by atoms with van der Waals surface area (Å²) in [6.07, 6.45) is 0. The molecule has 1 aliphatic rings. The summed E-state index contributed by atoms with van der Waals surface area (Å²) in [7, 11) is 0. The lowest BCUT2D eigenvalue weighted by atomic mass is 10.0. The van der Waals surface area contributed by atoms with E-state index in [2.05, 4.69) is 17.4 Å². The zero-order valence-electron chi connectivity index (χ0n) is 9.63. The molecule has 1 N–H and O–H groups in total. The normalized spacial score (nSPS) is 15.6. The molecule has 1 amide bonds. The predicted octanol–water partition coefficient (Wildman–Crippen LogP) is 1.83. The molecule has 0 aromatic heterocycles. The fourth-order valence-electron chi connectivity index (χ4n) is 2.17. The van der Waals surface area contributed by atoms with E-state index in [1.807, 2.05) is 20.8 Å². The molecule has 0 atom stereocenters. The van der Waals surface area contributed by atoms with E-state index in [1.165, 1.54) is 5.56 Å². The number of thiocarbonyl (C=S) groups is 1. The summed E-state index contributed by atoms with van der Waals surface area (Å²) in [5, 5.41) is 3.39. The Labute approximate surface area is 100 Å². The molecule has 1 saturated heterocycles. The lowest BCUT2D eigenvalue weighted by Gasteiger charge is -2.20. The van der Waals surface area contributed by atoms with E-state index < -0.39 is 0 Å². The van der Waals surface area contributed by atoms with E-state index in [9.17, 15) is 4.79 Å². The maximum Gasteiger partial charge on any atom is 0.252 e. The van der Waals surface area contributed by atoms with Crippen molar-refractivity contribution in [2.45, 2.75) is 20.8 Å². The molecular formula is C12H14N2OS. The third-order valence-electron chi connectivity index (χ3n) is 2.70. The summed E-state index contributed by atoms with van der Waals surface area (Å²) in [5.41, 5.74) is 4.28. The van der Waals surface area contributed by atoms with Gasteiger partial charge in [-0.25, -0.2) is 0 Å². The van der Waals surface area contributed by atoms with Gasteiger partial charge < -0.3 is 5.32 Å². The van der Waals surface area contributed by atoms with Crippen molar-refractivity contribution < 1.29 is 4.79 Å². The van der Waals surface area contributed by atoms with Gasteiger partial charge in [0.25, 0.3) is 5.91 Å². The minimum absolute atomic E-state index is 0.0139. The van der Waals surface area contributed by atoms with Gasteiger partial charge in [0.2, 0.25) is 0 Å². The first-order chi connectivity index (χ1) is 7.50. The Hall–Kier alpha value is -1.42. The zero-order chi connectivity index (χ0) is 11.9. The van der Waals surface area contributed by atoms with Crippen molar-refractivity contribution >= 4 is 28.9 Å². The average Bonchev–Trinajstić information content (AvgIpc) is 2.47. The fraction of sp³-hybridized carbons (Fsp3) is 0.333. The molecule has 1 aromatic carbocycles. The van der Waals surface area contributed by atoms with Gasteiger partial charge in [-0.2, -0.15) is 0 Å². The van der Waals surface area contributed by atoms with Crippen molar-refractivity contribution in [3.05, 3.63) is 28.8 Å². The van der Waals surface area contributed by atoms with Crippen LogP contribution in [0, 0.1) is 20.8 Å². The standard InChI is InChI=1S/C12H14N2OS/c1-7-4-8(2)11(9(3)5-7)14-10(15)6-13-12(14)16/h4-5H,6H2,1-3H3,(H,13,16). The monoisotopic (exact) mass is 234 g/mol. The first-order valence-electron chi connectivity index (χ1n) is 5.19. The molecule has 1 aromatic rings. The SMILES string of the molecule is Cc1cc(C)c(N2C(=O)CNC2=S)c(C)c1. The van der Waals surface area contributed by atoms with Crippen LogP contribution in [0.4, 0.5) is 5.69 Å². The van der Waals surface area contributed by atoms with Crippen LogP contribution in [-0.4, -0.2) is 17.6 Å². The van der Waals surface area contributed by atoms with Crippen LogP contribution in [0.5, 0.6) is 0 Å². The van der Waals surface area contributed by atoms with Crippen LogP contribution < -0.4 is 10.2 Å². The number of aryl methyl sites for hydroxylation is 3. The van der Waals surface area contributed by atoms with Crippen molar-refractivity contribution in [2.75, 3.05) is 11.4 Å². The third kappa shape index (κ3) is 1.69. The Morgan fingerprint density at radius 2 is 1.81 bits per heavy atom. The van der Waals surface area contributed by atoms with Crippen molar-refractivity contribution in [3.8, 4) is 0 Å². The maximum absolute atomic E-state index is 11.8. The summed E-state index contributed by atoms with van der Waals surface area (Å²) in [6, 6.07) is 4.13. The number of benzene rings is 1. The summed E-state index contributed by atoms with van der Waals surface area (Å²) >= 11 is 5.15. The number of nitrogens with one attached hydrogen (secondary N) is 1. The average molecular weight is 234 g/mol. The lowest BCUT2D eigenvalue weighted by Crippen LogP contribution is -2.31. The molecule has 0 spiro atoms. The summed E-state index contributed by atoms with van der Waals surface area (Å²) in [6.45, 7) is 6.35. The lowest BCUT2D eigenvalue weighted by molar-refractivity contribution is -0.115. The predicted molar refractivity (Wildman–Crippen MR) is 68.7 cm³/mol. The molecule has 1 fully saturated rings. The minimum Gasteiger partial charge on any atom is -0.353 e. The van der Waals surface area contributed by atoms with Crippen LogP contribution in [0.15, 0.2) is 12.1 Å². The molecule has 2 rings (SSSR count). The van der Waals surface area contributed by atoms with E-state index >= 15 is 0 Å². The van der Waals surface area contributed by atoms with Crippen molar-refractivity contribution in [1.82, 2.24) is 5.32 Å². The van der Waals surface area contributed by atoms with Gasteiger partial charge in [0.15, 0.2) is 5.11 Å². The van der Waals surface area contributed by atoms with Crippen LogP contribution in [0.25, 0.3) is 0 Å². The van der Waals surface area contributed by atoms with Crippen molar-refractivity contribution in [2.24, 2.45) is 0 Å². The topological polar surface area (TPSA) is 32.3 Å². The number of hydrogen-bond donors (Lipinski definition) is 1. The van der Waals surface area contributed by atoms with Gasteiger partial charge in [0, 0.05) is 0 Å². The Bertz CT molecular complexity index is 443. The molecule has 0 saturated carbocycles. The van der Waals surface area contributed by atoms with Crippen LogP contribution in [0.3, 0.4) is 0 Å². The molecule has 1 heterocycles. The van der Waals surface area contributed by atoms with Crippen molar-refractivity contribution in [1.29, 1.82) is 0 Å². The fourth-order valence-corrected chi connectivity index (χ4v) is 2.44. The molecule has 1 aliphatic heterocycles. The minimum atomic E-state index is 0.0139. The molecular weight excluding hydrogens is 220 g/mol. The van der Waals surface area contributed by atoms with Gasteiger partial charge in [-0.05, 0) is 44.1 Å². The quantitative estimate of drug-likeness (QED) is 0.752. The maximum atomic E-state index is 11.8. The number of anilines is 1. The first-order valence-corrected chi connectivity index (χ1v) is 5.60. The molecule has 0 unspecified atom stereocenters. The Kier molecular flexibility index (Phi) is 2.68. The van der Waals surface area contributed by atoms with Gasteiger partial charge in [-0.15, -0.1) is 0 Å². The summed E-state index contributed by atoms with van der Waals surface area (Å²) in [5.74, 6) is 0.0139. The second kappa shape index (κ2) is 3.87. The number of nitrogens with zero attached hydrogens (tertiary/aromatic N) is 1. The number of carbonyl (C=O) groups is 1. The molecule has 0 radical (unpaired) electrons. The first kappa shape index (κ1) is 11.1. The smallest absolute Gasteiger partial charge is 0.252 e. The van der Waals surface area contributed by atoms with Crippen LogP contribution in [-0.2, 0) is 4.79 Å². The summed E-state index contributed by atoms with van der Waals surface area (Å²) < 4.78 is 0. The van der Waals surface area contributed by atoms with Gasteiger partial charge in [0.1, 0.15) is 0 Å². The summed E-state index contributed by atoms with van der Waals surface area (Å²) in [4.78, 5) is 13.3. The van der Waals surface area contributed by atoms with E-state index in [1.54, 1.807) is 4.90 Å². The van der Waals surface area contributed by atoms with E-state index in [0.29, 0.717) is 11.7 Å². The second-order valence-corrected chi connectivity index (χ2v) is 4.52. The van der Waals surface area contributed by atoms with Gasteiger partial charge in [0.05, 0.1) is 12.2 Å². The highest BCUT2D eigenvalue weighted by molar-refractivity contribution is 7.80. The van der Waals surface area contributed by atoms with Crippen LogP contribution >= 0.6 is 12.2 Å². The molecule has 0 bridgehead atoms. The highest BCUT2D eigenvalue weighted by Crippen LogP contribution is 2.27. The van der Waals surface area contributed by atoms with E-state index in [0.717, 1.165) is 16.8 Å². The van der Waals surface area contributed by atoms with Crippen LogP contribution in [0.1, 0.15) is 16.7 Å². The third-order valence-corrected chi connectivity index (χ3v) is 3.03. The zero-order valence-corrected chi connectivity index (χ0v) is 10.4.